The lowest BCUT2D eigenvalue weighted by Gasteiger charge is -2.09. The first-order valence-electron chi connectivity index (χ1n) is 5.00. The molecular formula is C12H10O5S. The highest BCUT2D eigenvalue weighted by atomic mass is 32.2. The zero-order valence-electron chi connectivity index (χ0n) is 9.15. The van der Waals surface area contributed by atoms with Crippen LogP contribution in [-0.4, -0.2) is 18.1 Å². The Morgan fingerprint density at radius 2 is 1.72 bits per heavy atom. The third-order valence-electron chi connectivity index (χ3n) is 2.17. The Bertz CT molecular complexity index is 664. The van der Waals surface area contributed by atoms with Crippen molar-refractivity contribution in [1.29, 1.82) is 0 Å². The Morgan fingerprint density at radius 3 is 2.39 bits per heavy atom. The van der Waals surface area contributed by atoms with Crippen LogP contribution in [0.25, 0.3) is 0 Å². The van der Waals surface area contributed by atoms with E-state index in [1.165, 1.54) is 30.3 Å². The summed E-state index contributed by atoms with van der Waals surface area (Å²) in [5.41, 5.74) is 0. The Balaban J connectivity index is 2.41. The fourth-order valence-electron chi connectivity index (χ4n) is 1.42. The summed E-state index contributed by atoms with van der Waals surface area (Å²) in [6.07, 6.45) is 0. The molecule has 94 valence electrons. The molecule has 2 aromatic rings. The molecule has 0 aliphatic rings. The van der Waals surface area contributed by atoms with Gasteiger partial charge in [-0.3, -0.25) is 4.55 Å². The number of hydrogen-bond donors (Lipinski definition) is 2. The van der Waals surface area contributed by atoms with Crippen molar-refractivity contribution in [1.82, 2.24) is 0 Å². The van der Waals surface area contributed by atoms with Crippen LogP contribution in [0, 0.1) is 0 Å². The molecule has 6 heteroatoms. The molecule has 2 aromatic carbocycles. The van der Waals surface area contributed by atoms with Crippen LogP contribution in [0.1, 0.15) is 0 Å². The number of ether oxygens (including phenoxy) is 1. The molecule has 2 N–H and O–H groups in total. The molecule has 0 saturated heterocycles. The minimum atomic E-state index is -4.35. The highest BCUT2D eigenvalue weighted by Gasteiger charge is 2.16. The topological polar surface area (TPSA) is 83.8 Å². The number of para-hydroxylation sites is 1. The first kappa shape index (κ1) is 12.4. The van der Waals surface area contributed by atoms with Crippen LogP contribution in [0.15, 0.2) is 53.4 Å². The summed E-state index contributed by atoms with van der Waals surface area (Å²) < 4.78 is 36.6. The molecule has 2 rings (SSSR count). The summed E-state index contributed by atoms with van der Waals surface area (Å²) >= 11 is 0. The Morgan fingerprint density at radius 1 is 1.00 bits per heavy atom. The minimum Gasteiger partial charge on any atom is -0.508 e. The molecule has 0 bridgehead atoms. The van der Waals surface area contributed by atoms with Gasteiger partial charge in [0.1, 0.15) is 22.1 Å². The average Bonchev–Trinajstić information content (AvgIpc) is 2.28. The smallest absolute Gasteiger partial charge is 0.298 e. The van der Waals surface area contributed by atoms with Crippen molar-refractivity contribution < 1.29 is 22.8 Å². The number of benzene rings is 2. The van der Waals surface area contributed by atoms with Gasteiger partial charge in [-0.05, 0) is 24.3 Å². The number of phenolic OH excluding ortho intramolecular Hbond substituents is 1. The molecule has 0 unspecified atom stereocenters. The SMILES string of the molecule is O=S(=O)(O)c1ccccc1Oc1cccc(O)c1. The van der Waals surface area contributed by atoms with E-state index in [9.17, 15) is 13.5 Å². The van der Waals surface area contributed by atoms with Crippen LogP contribution in [0.3, 0.4) is 0 Å². The molecular weight excluding hydrogens is 256 g/mol. The molecule has 0 aliphatic heterocycles. The number of hydrogen-bond acceptors (Lipinski definition) is 4. The standard InChI is InChI=1S/C12H10O5S/c13-9-4-3-5-10(8-9)17-11-6-1-2-7-12(11)18(14,15)16/h1-8,13H,(H,14,15,16). The zero-order valence-corrected chi connectivity index (χ0v) is 9.96. The van der Waals surface area contributed by atoms with Gasteiger partial charge in [0, 0.05) is 6.07 Å². The van der Waals surface area contributed by atoms with Crippen molar-refractivity contribution in [3.8, 4) is 17.2 Å². The van der Waals surface area contributed by atoms with Crippen LogP contribution < -0.4 is 4.74 Å². The number of rotatable bonds is 3. The average molecular weight is 266 g/mol. The third-order valence-corrected chi connectivity index (χ3v) is 3.07. The monoisotopic (exact) mass is 266 g/mol. The Labute approximate surface area is 104 Å². The van der Waals surface area contributed by atoms with Gasteiger partial charge in [-0.2, -0.15) is 8.42 Å². The molecule has 0 heterocycles. The van der Waals surface area contributed by atoms with E-state index in [4.69, 9.17) is 9.29 Å². The Hall–Kier alpha value is -2.05. The van der Waals surface area contributed by atoms with E-state index >= 15 is 0 Å². The molecule has 0 radical (unpaired) electrons. The minimum absolute atomic E-state index is 0.00293. The van der Waals surface area contributed by atoms with Crippen molar-refractivity contribution in [2.24, 2.45) is 0 Å². The fourth-order valence-corrected chi connectivity index (χ4v) is 2.04. The second kappa shape index (κ2) is 4.67. The summed E-state index contributed by atoms with van der Waals surface area (Å²) in [4.78, 5) is -0.326. The fraction of sp³-hybridized carbons (Fsp3) is 0. The largest absolute Gasteiger partial charge is 0.508 e. The lowest BCUT2D eigenvalue weighted by molar-refractivity contribution is 0.441. The highest BCUT2D eigenvalue weighted by molar-refractivity contribution is 7.86. The number of aromatic hydroxyl groups is 1. The molecule has 0 aromatic heterocycles. The maximum atomic E-state index is 11.1. The van der Waals surface area contributed by atoms with Crippen LogP contribution in [0.5, 0.6) is 17.2 Å². The van der Waals surface area contributed by atoms with Gasteiger partial charge in [0.2, 0.25) is 0 Å². The van der Waals surface area contributed by atoms with Crippen LogP contribution in [-0.2, 0) is 10.1 Å². The predicted octanol–water partition coefficient (Wildman–Crippen LogP) is 2.43. The van der Waals surface area contributed by atoms with Gasteiger partial charge in [-0.25, -0.2) is 0 Å². The maximum Gasteiger partial charge on any atom is 0.298 e. The van der Waals surface area contributed by atoms with Gasteiger partial charge in [-0.1, -0.05) is 18.2 Å². The third kappa shape index (κ3) is 2.79. The predicted molar refractivity (Wildman–Crippen MR) is 64.4 cm³/mol. The maximum absolute atomic E-state index is 11.1. The van der Waals surface area contributed by atoms with Crippen LogP contribution in [0.2, 0.25) is 0 Å². The summed E-state index contributed by atoms with van der Waals surface area (Å²) in [6.45, 7) is 0. The van der Waals surface area contributed by atoms with Crippen molar-refractivity contribution in [2.45, 2.75) is 4.90 Å². The quantitative estimate of drug-likeness (QED) is 0.833. The zero-order chi connectivity index (χ0) is 13.2. The summed E-state index contributed by atoms with van der Waals surface area (Å²) in [7, 11) is -4.35. The van der Waals surface area contributed by atoms with E-state index in [2.05, 4.69) is 0 Å². The van der Waals surface area contributed by atoms with Crippen LogP contribution >= 0.6 is 0 Å². The van der Waals surface area contributed by atoms with Crippen molar-refractivity contribution in [3.63, 3.8) is 0 Å². The van der Waals surface area contributed by atoms with Gasteiger partial charge in [0.15, 0.2) is 0 Å². The highest BCUT2D eigenvalue weighted by Crippen LogP contribution is 2.29. The van der Waals surface area contributed by atoms with Crippen LogP contribution in [0.4, 0.5) is 0 Å². The van der Waals surface area contributed by atoms with E-state index < -0.39 is 10.1 Å². The second-order valence-electron chi connectivity index (χ2n) is 3.52. The summed E-state index contributed by atoms with van der Waals surface area (Å²) in [6, 6.07) is 11.6. The lowest BCUT2D eigenvalue weighted by Crippen LogP contribution is -2.00. The molecule has 0 saturated carbocycles. The van der Waals surface area contributed by atoms with E-state index in [1.54, 1.807) is 18.2 Å². The lowest BCUT2D eigenvalue weighted by atomic mass is 10.3. The molecule has 5 nitrogen and oxygen atoms in total. The molecule has 0 fully saturated rings. The molecule has 0 amide bonds. The van der Waals surface area contributed by atoms with E-state index in [1.807, 2.05) is 0 Å². The number of phenols is 1. The second-order valence-corrected chi connectivity index (χ2v) is 4.91. The molecule has 0 aliphatic carbocycles. The van der Waals surface area contributed by atoms with Gasteiger partial charge < -0.3 is 9.84 Å². The van der Waals surface area contributed by atoms with E-state index in [-0.39, 0.29) is 22.1 Å². The van der Waals surface area contributed by atoms with E-state index in [0.29, 0.717) is 0 Å². The first-order chi connectivity index (χ1) is 8.47. The van der Waals surface area contributed by atoms with Gasteiger partial charge in [0.05, 0.1) is 0 Å². The van der Waals surface area contributed by atoms with Crippen molar-refractivity contribution in [3.05, 3.63) is 48.5 Å². The Kier molecular flexibility index (Phi) is 3.22. The van der Waals surface area contributed by atoms with E-state index in [0.717, 1.165) is 0 Å². The van der Waals surface area contributed by atoms with Gasteiger partial charge in [0.25, 0.3) is 10.1 Å². The van der Waals surface area contributed by atoms with Crippen molar-refractivity contribution in [2.75, 3.05) is 0 Å². The first-order valence-corrected chi connectivity index (χ1v) is 6.44. The molecule has 18 heavy (non-hydrogen) atoms. The van der Waals surface area contributed by atoms with Crippen molar-refractivity contribution >= 4 is 10.1 Å². The molecule has 0 atom stereocenters. The summed E-state index contributed by atoms with van der Waals surface area (Å²) in [5, 5.41) is 9.27. The summed E-state index contributed by atoms with van der Waals surface area (Å²) in [5.74, 6) is 0.258. The normalized spacial score (nSPS) is 11.2. The van der Waals surface area contributed by atoms with Gasteiger partial charge in [-0.15, -0.1) is 0 Å². The van der Waals surface area contributed by atoms with Gasteiger partial charge >= 0.3 is 0 Å². The molecule has 0 spiro atoms.